The van der Waals surface area contributed by atoms with Crippen LogP contribution in [0.4, 0.5) is 0 Å². The molecule has 3 fully saturated rings. The van der Waals surface area contributed by atoms with E-state index < -0.39 is 0 Å². The zero-order chi connectivity index (χ0) is 13.0. The zero-order valence-electron chi connectivity index (χ0n) is 11.8. The Labute approximate surface area is 116 Å². The van der Waals surface area contributed by atoms with Gasteiger partial charge in [-0.15, -0.1) is 0 Å². The Kier molecular flexibility index (Phi) is 2.75. The van der Waals surface area contributed by atoms with Gasteiger partial charge < -0.3 is 5.32 Å². The minimum absolute atomic E-state index is 0.274. The van der Waals surface area contributed by atoms with Crippen LogP contribution < -0.4 is 5.32 Å². The van der Waals surface area contributed by atoms with Gasteiger partial charge in [0.1, 0.15) is 0 Å². The molecule has 0 saturated heterocycles. The largest absolute Gasteiger partial charge is 0.353 e. The zero-order valence-corrected chi connectivity index (χ0v) is 11.8. The molecule has 0 radical (unpaired) electrons. The summed E-state index contributed by atoms with van der Waals surface area (Å²) < 4.78 is 0. The van der Waals surface area contributed by atoms with Gasteiger partial charge in [0, 0.05) is 12.0 Å². The molecule has 3 saturated carbocycles. The fourth-order valence-corrected chi connectivity index (χ4v) is 5.43. The maximum atomic E-state index is 12.5. The van der Waals surface area contributed by atoms with E-state index in [-0.39, 0.29) is 5.92 Å². The molecule has 4 aliphatic rings. The molecule has 4 rings (SSSR count). The smallest absolute Gasteiger partial charge is 0.223 e. The molecule has 1 N–H and O–H groups in total. The molecule has 0 aromatic rings. The van der Waals surface area contributed by atoms with Gasteiger partial charge in [-0.05, 0) is 68.6 Å². The summed E-state index contributed by atoms with van der Waals surface area (Å²) in [6, 6.07) is 0.394. The van der Waals surface area contributed by atoms with Crippen molar-refractivity contribution in [1.29, 1.82) is 0 Å². The van der Waals surface area contributed by atoms with E-state index in [9.17, 15) is 4.79 Å². The lowest BCUT2D eigenvalue weighted by Crippen LogP contribution is -2.43. The number of rotatable bonds is 3. The van der Waals surface area contributed by atoms with E-state index in [0.717, 1.165) is 24.2 Å². The Hall–Kier alpha value is -0.790. The van der Waals surface area contributed by atoms with Crippen LogP contribution in [-0.2, 0) is 4.79 Å². The maximum Gasteiger partial charge on any atom is 0.223 e. The Morgan fingerprint density at radius 2 is 2.05 bits per heavy atom. The molecule has 2 nitrogen and oxygen atoms in total. The molecule has 4 bridgehead atoms. The maximum absolute atomic E-state index is 12.5. The standard InChI is InChI=1S/C17H25NO/c1-10(15-8-11-2-4-13(15)6-11)18-17(19)16-9-12-3-5-14(16)7-12/h3,5,10-16H,2,4,6-9H2,1H3,(H,18,19). The SMILES string of the molecule is CC(NC(=O)C1CC2C=CC1C2)C1CC2CCC1C2. The van der Waals surface area contributed by atoms with Crippen molar-refractivity contribution in [3.63, 3.8) is 0 Å². The topological polar surface area (TPSA) is 29.1 Å². The third-order valence-corrected chi connectivity index (χ3v) is 6.42. The number of carbonyl (C=O) groups excluding carboxylic acids is 1. The van der Waals surface area contributed by atoms with Crippen molar-refractivity contribution >= 4 is 5.91 Å². The molecule has 7 unspecified atom stereocenters. The van der Waals surface area contributed by atoms with Crippen molar-refractivity contribution in [1.82, 2.24) is 5.32 Å². The molecule has 2 heteroatoms. The predicted molar refractivity (Wildman–Crippen MR) is 75.4 cm³/mol. The molecular formula is C17H25NO. The quantitative estimate of drug-likeness (QED) is 0.775. The van der Waals surface area contributed by atoms with Gasteiger partial charge >= 0.3 is 0 Å². The van der Waals surface area contributed by atoms with Crippen molar-refractivity contribution in [2.45, 2.75) is 51.5 Å². The summed E-state index contributed by atoms with van der Waals surface area (Å²) in [6.07, 6.45) is 12.6. The molecule has 0 aromatic carbocycles. The van der Waals surface area contributed by atoms with Crippen molar-refractivity contribution < 1.29 is 4.79 Å². The Balaban J connectivity index is 1.36. The third-order valence-electron chi connectivity index (χ3n) is 6.42. The van der Waals surface area contributed by atoms with Crippen LogP contribution in [0.25, 0.3) is 0 Å². The lowest BCUT2D eigenvalue weighted by molar-refractivity contribution is -0.126. The molecule has 104 valence electrons. The summed E-state index contributed by atoms with van der Waals surface area (Å²) in [5, 5.41) is 3.36. The first-order valence-corrected chi connectivity index (χ1v) is 8.19. The van der Waals surface area contributed by atoms with Gasteiger partial charge in [-0.3, -0.25) is 4.79 Å². The van der Waals surface area contributed by atoms with Crippen LogP contribution in [0.3, 0.4) is 0 Å². The fourth-order valence-electron chi connectivity index (χ4n) is 5.43. The molecule has 0 aliphatic heterocycles. The summed E-state index contributed by atoms with van der Waals surface area (Å²) in [5.74, 6) is 4.48. The van der Waals surface area contributed by atoms with Gasteiger partial charge in [-0.1, -0.05) is 18.6 Å². The average molecular weight is 259 g/mol. The number of hydrogen-bond donors (Lipinski definition) is 1. The normalized spacial score (nSPS) is 47.8. The van der Waals surface area contributed by atoms with Crippen LogP contribution in [0.5, 0.6) is 0 Å². The summed E-state index contributed by atoms with van der Waals surface area (Å²) in [7, 11) is 0. The first-order chi connectivity index (χ1) is 9.20. The van der Waals surface area contributed by atoms with Crippen LogP contribution in [-0.4, -0.2) is 11.9 Å². The molecule has 1 amide bonds. The molecular weight excluding hydrogens is 234 g/mol. The molecule has 4 aliphatic carbocycles. The van der Waals surface area contributed by atoms with E-state index in [1.165, 1.54) is 32.1 Å². The fraction of sp³-hybridized carbons (Fsp3) is 0.824. The molecule has 0 spiro atoms. The molecule has 0 heterocycles. The van der Waals surface area contributed by atoms with Crippen LogP contribution in [0.1, 0.15) is 45.4 Å². The Bertz CT molecular complexity index is 415. The minimum atomic E-state index is 0.274. The van der Waals surface area contributed by atoms with Gasteiger partial charge in [-0.25, -0.2) is 0 Å². The first kappa shape index (κ1) is 12.0. The molecule has 7 atom stereocenters. The van der Waals surface area contributed by atoms with Gasteiger partial charge in [0.2, 0.25) is 5.91 Å². The number of fused-ring (bicyclic) bond motifs is 4. The second-order valence-corrected chi connectivity index (χ2v) is 7.52. The predicted octanol–water partition coefficient (Wildman–Crippen LogP) is 3.14. The highest BCUT2D eigenvalue weighted by Crippen LogP contribution is 2.49. The lowest BCUT2D eigenvalue weighted by Gasteiger charge is -2.30. The van der Waals surface area contributed by atoms with Crippen molar-refractivity contribution in [2.75, 3.05) is 0 Å². The highest BCUT2D eigenvalue weighted by atomic mass is 16.2. The molecule has 0 aromatic heterocycles. The Morgan fingerprint density at radius 1 is 1.16 bits per heavy atom. The summed E-state index contributed by atoms with van der Waals surface area (Å²) in [4.78, 5) is 12.5. The lowest BCUT2D eigenvalue weighted by atomic mass is 9.83. The van der Waals surface area contributed by atoms with E-state index in [4.69, 9.17) is 0 Å². The monoisotopic (exact) mass is 259 g/mol. The van der Waals surface area contributed by atoms with E-state index in [1.54, 1.807) is 0 Å². The summed E-state index contributed by atoms with van der Waals surface area (Å²) >= 11 is 0. The van der Waals surface area contributed by atoms with Gasteiger partial charge in [0.15, 0.2) is 0 Å². The van der Waals surface area contributed by atoms with Crippen molar-refractivity contribution in [3.8, 4) is 0 Å². The number of amides is 1. The highest BCUT2D eigenvalue weighted by Gasteiger charge is 2.44. The third kappa shape index (κ3) is 1.95. The van der Waals surface area contributed by atoms with E-state index >= 15 is 0 Å². The summed E-state index contributed by atoms with van der Waals surface area (Å²) in [6.45, 7) is 2.24. The summed E-state index contributed by atoms with van der Waals surface area (Å²) in [5.41, 5.74) is 0. The van der Waals surface area contributed by atoms with Crippen LogP contribution >= 0.6 is 0 Å². The average Bonchev–Trinajstić information content (AvgIpc) is 3.17. The number of allylic oxidation sites excluding steroid dienone is 2. The minimum Gasteiger partial charge on any atom is -0.353 e. The van der Waals surface area contributed by atoms with Crippen molar-refractivity contribution in [2.24, 2.45) is 35.5 Å². The van der Waals surface area contributed by atoms with Crippen molar-refractivity contribution in [3.05, 3.63) is 12.2 Å². The molecule has 19 heavy (non-hydrogen) atoms. The second kappa shape index (κ2) is 4.36. The van der Waals surface area contributed by atoms with Gasteiger partial charge in [-0.2, -0.15) is 0 Å². The second-order valence-electron chi connectivity index (χ2n) is 7.52. The number of hydrogen-bond acceptors (Lipinski definition) is 1. The van der Waals surface area contributed by atoms with Crippen LogP contribution in [0.2, 0.25) is 0 Å². The van der Waals surface area contributed by atoms with E-state index in [1.807, 2.05) is 0 Å². The Morgan fingerprint density at radius 3 is 2.63 bits per heavy atom. The van der Waals surface area contributed by atoms with Crippen LogP contribution in [0, 0.1) is 35.5 Å². The van der Waals surface area contributed by atoms with Gasteiger partial charge in [0.25, 0.3) is 0 Å². The number of nitrogens with one attached hydrogen (secondary N) is 1. The van der Waals surface area contributed by atoms with E-state index in [2.05, 4.69) is 24.4 Å². The van der Waals surface area contributed by atoms with Gasteiger partial charge in [0.05, 0.1) is 0 Å². The van der Waals surface area contributed by atoms with Crippen LogP contribution in [0.15, 0.2) is 12.2 Å². The number of carbonyl (C=O) groups is 1. The first-order valence-electron chi connectivity index (χ1n) is 8.19. The highest BCUT2D eigenvalue weighted by molar-refractivity contribution is 5.80. The van der Waals surface area contributed by atoms with E-state index in [0.29, 0.717) is 23.8 Å².